The molecule has 0 aliphatic carbocycles. The summed E-state index contributed by atoms with van der Waals surface area (Å²) in [4.78, 5) is 22.9. The Hall–Kier alpha value is -2.02. The average molecular weight is 285 g/mol. The van der Waals surface area contributed by atoms with Crippen LogP contribution in [0.4, 0.5) is 14.5 Å². The van der Waals surface area contributed by atoms with Crippen LogP contribution >= 0.6 is 0 Å². The number of benzene rings is 1. The Morgan fingerprint density at radius 3 is 2.90 bits per heavy atom. The first-order valence-corrected chi connectivity index (χ1v) is 6.09. The fourth-order valence-corrected chi connectivity index (χ4v) is 1.77. The highest BCUT2D eigenvalue weighted by molar-refractivity contribution is 5.93. The Morgan fingerprint density at radius 1 is 1.40 bits per heavy atom. The van der Waals surface area contributed by atoms with Crippen LogP contribution < -0.4 is 5.32 Å². The van der Waals surface area contributed by atoms with E-state index in [1.807, 2.05) is 0 Å². The normalized spacial score (nSPS) is 17.8. The summed E-state index contributed by atoms with van der Waals surface area (Å²) in [6.45, 7) is -0.0882. The number of nitrogens with one attached hydrogen (secondary N) is 1. The lowest BCUT2D eigenvalue weighted by Crippen LogP contribution is -2.27. The van der Waals surface area contributed by atoms with E-state index in [2.05, 4.69) is 5.32 Å². The maximum Gasteiger partial charge on any atom is 0.335 e. The molecule has 1 aliphatic heterocycles. The van der Waals surface area contributed by atoms with Crippen molar-refractivity contribution in [1.82, 2.24) is 0 Å². The summed E-state index contributed by atoms with van der Waals surface area (Å²) < 4.78 is 36.0. The smallest absolute Gasteiger partial charge is 0.335 e. The molecular formula is C13H13F2NO4. The van der Waals surface area contributed by atoms with Crippen LogP contribution in [0.2, 0.25) is 0 Å². The molecule has 0 bridgehead atoms. The van der Waals surface area contributed by atoms with Gasteiger partial charge in [0.1, 0.15) is 11.6 Å². The van der Waals surface area contributed by atoms with Crippen LogP contribution in [0.25, 0.3) is 0 Å². The number of hydrogen-bond acceptors (Lipinski definition) is 4. The van der Waals surface area contributed by atoms with Gasteiger partial charge in [0.15, 0.2) is 12.7 Å². The Labute approximate surface area is 113 Å². The van der Waals surface area contributed by atoms with Gasteiger partial charge in [-0.05, 0) is 25.0 Å². The molecule has 2 rings (SSSR count). The number of hydrogen-bond donors (Lipinski definition) is 1. The lowest BCUT2D eigenvalue weighted by molar-refractivity contribution is -0.156. The van der Waals surface area contributed by atoms with Crippen LogP contribution in [0.1, 0.15) is 12.8 Å². The van der Waals surface area contributed by atoms with Gasteiger partial charge < -0.3 is 14.8 Å². The van der Waals surface area contributed by atoms with Crippen molar-refractivity contribution in [1.29, 1.82) is 0 Å². The lowest BCUT2D eigenvalue weighted by atomic mass is 10.2. The van der Waals surface area contributed by atoms with Crippen molar-refractivity contribution >= 4 is 17.6 Å². The van der Waals surface area contributed by atoms with E-state index >= 15 is 0 Å². The zero-order valence-electron chi connectivity index (χ0n) is 10.5. The standard InChI is InChI=1S/C13H13F2NO4/c14-8-3-4-9(15)10(6-8)16-12(17)7-20-13(18)11-2-1-5-19-11/h3-4,6,11H,1-2,5,7H2,(H,16,17)/t11-/m0/s1. The minimum atomic E-state index is -0.773. The molecule has 5 nitrogen and oxygen atoms in total. The van der Waals surface area contributed by atoms with Crippen molar-refractivity contribution in [2.24, 2.45) is 0 Å². The highest BCUT2D eigenvalue weighted by atomic mass is 19.1. The van der Waals surface area contributed by atoms with Crippen molar-refractivity contribution in [2.45, 2.75) is 18.9 Å². The molecule has 0 radical (unpaired) electrons. The molecule has 1 atom stereocenters. The monoisotopic (exact) mass is 285 g/mol. The molecule has 20 heavy (non-hydrogen) atoms. The van der Waals surface area contributed by atoms with Crippen LogP contribution in [0.3, 0.4) is 0 Å². The van der Waals surface area contributed by atoms with Gasteiger partial charge in [-0.25, -0.2) is 13.6 Å². The zero-order chi connectivity index (χ0) is 14.5. The van der Waals surface area contributed by atoms with Gasteiger partial charge in [0.25, 0.3) is 5.91 Å². The number of anilines is 1. The molecule has 108 valence electrons. The maximum atomic E-state index is 13.3. The molecule has 0 aromatic heterocycles. The van der Waals surface area contributed by atoms with Gasteiger partial charge >= 0.3 is 5.97 Å². The summed E-state index contributed by atoms with van der Waals surface area (Å²) in [6, 6.07) is 2.67. The average Bonchev–Trinajstić information content (AvgIpc) is 2.94. The van der Waals surface area contributed by atoms with E-state index in [0.717, 1.165) is 24.6 Å². The first-order chi connectivity index (χ1) is 9.56. The topological polar surface area (TPSA) is 64.6 Å². The van der Waals surface area contributed by atoms with E-state index in [9.17, 15) is 18.4 Å². The van der Waals surface area contributed by atoms with Crippen LogP contribution in [-0.4, -0.2) is 31.2 Å². The third-order valence-corrected chi connectivity index (χ3v) is 2.74. The quantitative estimate of drug-likeness (QED) is 0.854. The predicted octanol–water partition coefficient (Wildman–Crippen LogP) is 1.63. The van der Waals surface area contributed by atoms with Crippen LogP contribution in [0, 0.1) is 11.6 Å². The van der Waals surface area contributed by atoms with Crippen molar-refractivity contribution in [3.05, 3.63) is 29.8 Å². The number of carbonyl (C=O) groups is 2. The summed E-state index contributed by atoms with van der Waals surface area (Å²) in [7, 11) is 0. The van der Waals surface area contributed by atoms with Gasteiger partial charge in [-0.15, -0.1) is 0 Å². The Kier molecular flexibility index (Phi) is 4.62. The van der Waals surface area contributed by atoms with Crippen molar-refractivity contribution in [3.8, 4) is 0 Å². The molecular weight excluding hydrogens is 272 g/mol. The van der Waals surface area contributed by atoms with E-state index in [1.165, 1.54) is 0 Å². The largest absolute Gasteiger partial charge is 0.454 e. The maximum absolute atomic E-state index is 13.3. The molecule has 1 saturated heterocycles. The number of halogens is 2. The molecule has 0 spiro atoms. The first-order valence-electron chi connectivity index (χ1n) is 6.09. The van der Waals surface area contributed by atoms with Gasteiger partial charge in [0.05, 0.1) is 5.69 Å². The third kappa shape index (κ3) is 3.74. The molecule has 1 N–H and O–H groups in total. The van der Waals surface area contributed by atoms with E-state index in [1.54, 1.807) is 0 Å². The van der Waals surface area contributed by atoms with Gasteiger partial charge in [0, 0.05) is 12.7 Å². The molecule has 1 aliphatic rings. The summed E-state index contributed by atoms with van der Waals surface area (Å²) in [6.07, 6.45) is 0.674. The number of rotatable bonds is 4. The molecule has 1 aromatic carbocycles. The van der Waals surface area contributed by atoms with Crippen LogP contribution in [0.15, 0.2) is 18.2 Å². The summed E-state index contributed by atoms with van der Waals surface area (Å²) in [5.74, 6) is -2.83. The van der Waals surface area contributed by atoms with Gasteiger partial charge in [-0.3, -0.25) is 4.79 Å². The number of esters is 1. The van der Waals surface area contributed by atoms with Crippen molar-refractivity contribution < 1.29 is 27.8 Å². The zero-order valence-corrected chi connectivity index (χ0v) is 10.5. The lowest BCUT2D eigenvalue weighted by Gasteiger charge is -2.10. The molecule has 1 fully saturated rings. The first kappa shape index (κ1) is 14.4. The van der Waals surface area contributed by atoms with Gasteiger partial charge in [0.2, 0.25) is 0 Å². The van der Waals surface area contributed by atoms with E-state index in [0.29, 0.717) is 13.0 Å². The Balaban J connectivity index is 1.83. The highest BCUT2D eigenvalue weighted by Crippen LogP contribution is 2.15. The minimum Gasteiger partial charge on any atom is -0.454 e. The number of amides is 1. The molecule has 1 heterocycles. The number of ether oxygens (including phenoxy) is 2. The minimum absolute atomic E-state index is 0.303. The van der Waals surface area contributed by atoms with Crippen molar-refractivity contribution in [2.75, 3.05) is 18.5 Å². The Morgan fingerprint density at radius 2 is 2.20 bits per heavy atom. The molecule has 0 saturated carbocycles. The summed E-state index contributed by atoms with van der Waals surface area (Å²) >= 11 is 0. The summed E-state index contributed by atoms with van der Waals surface area (Å²) in [5, 5.41) is 2.12. The van der Waals surface area contributed by atoms with Crippen LogP contribution in [-0.2, 0) is 19.1 Å². The van der Waals surface area contributed by atoms with E-state index in [-0.39, 0.29) is 5.69 Å². The predicted molar refractivity (Wildman–Crippen MR) is 64.9 cm³/mol. The van der Waals surface area contributed by atoms with Crippen LogP contribution in [0.5, 0.6) is 0 Å². The van der Waals surface area contributed by atoms with Crippen molar-refractivity contribution in [3.63, 3.8) is 0 Å². The second kappa shape index (κ2) is 6.42. The molecule has 7 heteroatoms. The molecule has 1 amide bonds. The van der Waals surface area contributed by atoms with Gasteiger partial charge in [-0.2, -0.15) is 0 Å². The highest BCUT2D eigenvalue weighted by Gasteiger charge is 2.25. The van der Waals surface area contributed by atoms with E-state index in [4.69, 9.17) is 9.47 Å². The molecule has 0 unspecified atom stereocenters. The van der Waals surface area contributed by atoms with E-state index < -0.39 is 36.2 Å². The second-order valence-corrected chi connectivity index (χ2v) is 4.28. The SMILES string of the molecule is O=C(COC(=O)[C@@H]1CCCO1)Nc1cc(F)ccc1F. The summed E-state index contributed by atoms with van der Waals surface area (Å²) in [5.41, 5.74) is -0.303. The fourth-order valence-electron chi connectivity index (χ4n) is 1.77. The fraction of sp³-hybridized carbons (Fsp3) is 0.385. The second-order valence-electron chi connectivity index (χ2n) is 4.28. The number of carbonyl (C=O) groups excluding carboxylic acids is 2. The third-order valence-electron chi connectivity index (χ3n) is 2.74. The Bertz CT molecular complexity index is 515. The molecule has 1 aromatic rings. The van der Waals surface area contributed by atoms with Gasteiger partial charge in [-0.1, -0.05) is 0 Å².